The Kier molecular flexibility index (Phi) is 13.6. The Morgan fingerprint density at radius 2 is 0.596 bits per heavy atom. The molecule has 12 aromatic carbocycles. The maximum atomic E-state index is 5.24. The van der Waals surface area contributed by atoms with Crippen molar-refractivity contribution in [3.8, 4) is 95.9 Å². The van der Waals surface area contributed by atoms with Crippen molar-refractivity contribution >= 4 is 117 Å². The monoisotopic (exact) mass is 1250 g/mol. The predicted molar refractivity (Wildman–Crippen MR) is 396 cm³/mol. The van der Waals surface area contributed by atoms with Crippen molar-refractivity contribution in [2.75, 3.05) is 0 Å². The highest BCUT2D eigenvalue weighted by Gasteiger charge is 2.22. The van der Waals surface area contributed by atoms with E-state index in [-0.39, 0.29) is 0 Å². The zero-order chi connectivity index (χ0) is 62.1. The molecule has 0 amide bonds. The maximum Gasteiger partial charge on any atom is 0.161 e. The van der Waals surface area contributed by atoms with E-state index >= 15 is 0 Å². The average molecular weight is 1250 g/mol. The van der Waals surface area contributed by atoms with Crippen molar-refractivity contribution in [3.63, 3.8) is 0 Å². The summed E-state index contributed by atoms with van der Waals surface area (Å²) in [4.78, 5) is 33.0. The van der Waals surface area contributed by atoms with Crippen molar-refractivity contribution < 1.29 is 0 Å². The van der Waals surface area contributed by atoms with Gasteiger partial charge in [0.15, 0.2) is 17.5 Å². The molecule has 94 heavy (non-hydrogen) atoms. The van der Waals surface area contributed by atoms with Gasteiger partial charge in [-0.05, 0) is 82.9 Å². The molecular formula is C84H51N7S3. The number of aromatic nitrogens is 7. The number of hydrogen-bond donors (Lipinski definition) is 0. The van der Waals surface area contributed by atoms with Gasteiger partial charge < -0.3 is 4.57 Å². The number of benzene rings is 12. The van der Waals surface area contributed by atoms with Crippen molar-refractivity contribution in [2.45, 2.75) is 0 Å². The van der Waals surface area contributed by atoms with E-state index in [1.807, 2.05) is 30.3 Å². The highest BCUT2D eigenvalue weighted by atomic mass is 32.1. The standard InChI is InChI=1S/C44H26N4S2.C40H25N3S/c1-3-13-27(14-4-1)38-37-33-21-7-9-23-35(33)50-44(37)48-43(45-38)32-20-12-18-30(26-32)29-17-11-19-31(25-29)39-41-40(34-22-8-10-24-36(34)49-41)47-42(46-39)28-15-5-2-6-16-28;1-2-12-26(13-3-1)38-37-33-20-6-9-23-36(33)44-40(37)42-39(41-38)29-16-10-14-27(24-29)28-15-11-17-30(25-28)43-34-21-7-4-18-31(34)32-19-5-8-22-35(32)43/h1-26H;1-25H. The van der Waals surface area contributed by atoms with E-state index in [0.717, 1.165) is 132 Å². The van der Waals surface area contributed by atoms with E-state index in [1.165, 1.54) is 46.7 Å². The van der Waals surface area contributed by atoms with Crippen LogP contribution in [0.4, 0.5) is 0 Å². The van der Waals surface area contributed by atoms with Crippen LogP contribution in [0.1, 0.15) is 0 Å². The number of para-hydroxylation sites is 2. The Morgan fingerprint density at radius 1 is 0.234 bits per heavy atom. The molecular weight excluding hydrogens is 1200 g/mol. The third-order valence-corrected chi connectivity index (χ3v) is 20.8. The fraction of sp³-hybridized carbons (Fsp3) is 0. The molecule has 7 aromatic heterocycles. The number of fused-ring (bicyclic) bond motifs is 12. The summed E-state index contributed by atoms with van der Waals surface area (Å²) in [6.07, 6.45) is 0. The van der Waals surface area contributed by atoms with Crippen LogP contribution in [-0.4, -0.2) is 34.5 Å². The lowest BCUT2D eigenvalue weighted by atomic mass is 9.99. The second kappa shape index (κ2) is 23.2. The normalized spacial score (nSPS) is 11.6. The summed E-state index contributed by atoms with van der Waals surface area (Å²) in [5.74, 6) is 2.19. The van der Waals surface area contributed by atoms with E-state index in [0.29, 0.717) is 0 Å². The van der Waals surface area contributed by atoms with Gasteiger partial charge in [-0.1, -0.05) is 249 Å². The van der Waals surface area contributed by atoms with Gasteiger partial charge in [-0.15, -0.1) is 34.0 Å². The molecule has 0 aliphatic carbocycles. The fourth-order valence-electron chi connectivity index (χ4n) is 13.2. The smallest absolute Gasteiger partial charge is 0.161 e. The molecule has 7 heterocycles. The van der Waals surface area contributed by atoms with Gasteiger partial charge in [-0.3, -0.25) is 0 Å². The Labute approximate surface area is 552 Å². The number of nitrogens with zero attached hydrogens (tertiary/aromatic N) is 7. The molecule has 0 bridgehead atoms. The quantitative estimate of drug-likeness (QED) is 0.143. The van der Waals surface area contributed by atoms with Crippen molar-refractivity contribution in [3.05, 3.63) is 309 Å². The topological polar surface area (TPSA) is 82.3 Å². The summed E-state index contributed by atoms with van der Waals surface area (Å²) >= 11 is 5.20. The van der Waals surface area contributed by atoms with Crippen molar-refractivity contribution in [1.82, 2.24) is 34.5 Å². The van der Waals surface area contributed by atoms with Gasteiger partial charge in [0.25, 0.3) is 0 Å². The van der Waals surface area contributed by atoms with E-state index in [2.05, 4.69) is 284 Å². The fourth-order valence-corrected chi connectivity index (χ4v) is 16.5. The molecule has 19 rings (SSSR count). The Hall–Kier alpha value is -11.7. The minimum atomic E-state index is 0.719. The summed E-state index contributed by atoms with van der Waals surface area (Å²) < 4.78 is 7.10. The molecule has 0 aliphatic heterocycles. The van der Waals surface area contributed by atoms with E-state index in [9.17, 15) is 0 Å². The molecule has 0 saturated heterocycles. The summed E-state index contributed by atoms with van der Waals surface area (Å²) in [6.45, 7) is 0. The zero-order valence-electron chi connectivity index (χ0n) is 50.3. The lowest BCUT2D eigenvalue weighted by Crippen LogP contribution is -1.95. The van der Waals surface area contributed by atoms with Crippen LogP contribution < -0.4 is 0 Å². The average Bonchev–Trinajstić information content (AvgIpc) is 1.62. The van der Waals surface area contributed by atoms with Crippen LogP contribution in [-0.2, 0) is 0 Å². The first kappa shape index (κ1) is 55.2. The van der Waals surface area contributed by atoms with E-state index in [1.54, 1.807) is 34.0 Å². The molecule has 0 saturated carbocycles. The van der Waals surface area contributed by atoms with E-state index in [4.69, 9.17) is 29.9 Å². The van der Waals surface area contributed by atoms with Crippen LogP contribution >= 0.6 is 34.0 Å². The highest BCUT2D eigenvalue weighted by Crippen LogP contribution is 2.44. The second-order valence-corrected chi connectivity index (χ2v) is 26.4. The highest BCUT2D eigenvalue weighted by molar-refractivity contribution is 7.26. The first-order valence-electron chi connectivity index (χ1n) is 31.2. The van der Waals surface area contributed by atoms with Gasteiger partial charge in [-0.2, -0.15) is 0 Å². The van der Waals surface area contributed by atoms with E-state index < -0.39 is 0 Å². The van der Waals surface area contributed by atoms with Crippen LogP contribution in [0.3, 0.4) is 0 Å². The first-order valence-corrected chi connectivity index (χ1v) is 33.7. The summed E-state index contributed by atoms with van der Waals surface area (Å²) in [5.41, 5.74) is 18.1. The van der Waals surface area contributed by atoms with Crippen LogP contribution in [0, 0.1) is 0 Å². The van der Waals surface area contributed by atoms with Crippen LogP contribution in [0.2, 0.25) is 0 Å². The first-order chi connectivity index (χ1) is 46.6. The molecule has 440 valence electrons. The summed E-state index contributed by atoms with van der Waals surface area (Å²) in [7, 11) is 0. The summed E-state index contributed by atoms with van der Waals surface area (Å²) in [5, 5.41) is 8.30. The molecule has 7 nitrogen and oxygen atoms in total. The third-order valence-electron chi connectivity index (χ3n) is 17.6. The predicted octanol–water partition coefficient (Wildman–Crippen LogP) is 23.3. The lowest BCUT2D eigenvalue weighted by molar-refractivity contribution is 1.18. The molecule has 0 radical (unpaired) electrons. The van der Waals surface area contributed by atoms with Crippen LogP contribution in [0.25, 0.3) is 179 Å². The van der Waals surface area contributed by atoms with Crippen LogP contribution in [0.5, 0.6) is 0 Å². The number of rotatable bonds is 9. The van der Waals surface area contributed by atoms with Crippen molar-refractivity contribution in [1.29, 1.82) is 0 Å². The van der Waals surface area contributed by atoms with Gasteiger partial charge in [0, 0.05) is 90.9 Å². The van der Waals surface area contributed by atoms with Crippen LogP contribution in [0.15, 0.2) is 309 Å². The summed E-state index contributed by atoms with van der Waals surface area (Å²) in [6, 6.07) is 109. The molecule has 0 N–H and O–H groups in total. The van der Waals surface area contributed by atoms with Gasteiger partial charge in [-0.25, -0.2) is 29.9 Å². The molecule has 0 spiro atoms. The molecule has 19 aromatic rings. The minimum Gasteiger partial charge on any atom is -0.309 e. The Morgan fingerprint density at radius 3 is 1.12 bits per heavy atom. The molecule has 0 unspecified atom stereocenters. The van der Waals surface area contributed by atoms with Crippen molar-refractivity contribution in [2.24, 2.45) is 0 Å². The number of thiophene rings is 3. The van der Waals surface area contributed by atoms with Gasteiger partial charge >= 0.3 is 0 Å². The Balaban J connectivity index is 0.000000139. The van der Waals surface area contributed by atoms with Gasteiger partial charge in [0.2, 0.25) is 0 Å². The van der Waals surface area contributed by atoms with Gasteiger partial charge in [0.1, 0.15) is 9.66 Å². The molecule has 10 heteroatoms. The molecule has 0 aliphatic rings. The number of hydrogen-bond acceptors (Lipinski definition) is 9. The van der Waals surface area contributed by atoms with Gasteiger partial charge in [0.05, 0.1) is 38.3 Å². The molecule has 0 atom stereocenters. The third kappa shape index (κ3) is 9.79. The SMILES string of the molecule is c1ccc(-c2nc(-c3cccc(-c4cccc(-c5nc(-c6ccccc6)c6c(n5)sc5ccccc56)c4)c3)c3sc4ccccc4c3n2)cc1.c1ccc(-c2nc(-c3cccc(-c4cccc(-n5c6ccccc6c6ccccc65)c4)c3)nc3sc4ccccc4c23)cc1. The second-order valence-electron chi connectivity index (χ2n) is 23.3. The largest absolute Gasteiger partial charge is 0.309 e. The minimum absolute atomic E-state index is 0.719. The maximum absolute atomic E-state index is 5.24. The Bertz CT molecular complexity index is 6080. The molecule has 0 fully saturated rings. The lowest BCUT2D eigenvalue weighted by Gasteiger charge is -2.11. The zero-order valence-corrected chi connectivity index (χ0v) is 52.7.